The van der Waals surface area contributed by atoms with Crippen LogP contribution < -0.4 is 5.19 Å². The lowest BCUT2D eigenvalue weighted by molar-refractivity contribution is -0.0376. The van der Waals surface area contributed by atoms with Crippen LogP contribution in [-0.4, -0.2) is 26.9 Å². The summed E-state index contributed by atoms with van der Waals surface area (Å²) in [5.74, 6) is 0. The summed E-state index contributed by atoms with van der Waals surface area (Å²) >= 11 is 0. The molecule has 1 rings (SSSR count). The van der Waals surface area contributed by atoms with Gasteiger partial charge in [-0.2, -0.15) is 0 Å². The van der Waals surface area contributed by atoms with E-state index in [9.17, 15) is 0 Å². The number of hydrogen-bond acceptors (Lipinski definition) is 2. The number of rotatable bonds is 6. The molecule has 108 valence electrons. The van der Waals surface area contributed by atoms with E-state index in [0.29, 0.717) is 19.8 Å². The Kier molecular flexibility index (Phi) is 5.77. The van der Waals surface area contributed by atoms with Crippen molar-refractivity contribution in [3.05, 3.63) is 29.8 Å². The van der Waals surface area contributed by atoms with Crippen LogP contribution in [0.2, 0.25) is 19.6 Å². The van der Waals surface area contributed by atoms with Gasteiger partial charge in [0.05, 0.1) is 33.5 Å². The molecule has 0 aliphatic carbocycles. The Morgan fingerprint density at radius 2 is 1.53 bits per heavy atom. The maximum absolute atomic E-state index is 5.63. The van der Waals surface area contributed by atoms with Crippen molar-refractivity contribution in [2.75, 3.05) is 13.2 Å². The van der Waals surface area contributed by atoms with Gasteiger partial charge >= 0.3 is 0 Å². The molecule has 1 aromatic rings. The van der Waals surface area contributed by atoms with Gasteiger partial charge in [-0.25, -0.2) is 0 Å². The summed E-state index contributed by atoms with van der Waals surface area (Å²) in [6.07, 6.45) is 0. The zero-order chi connectivity index (χ0) is 14.5. The molecule has 0 saturated carbocycles. The molecule has 0 aromatic heterocycles. The van der Waals surface area contributed by atoms with E-state index in [1.807, 2.05) is 0 Å². The second-order valence-electron chi connectivity index (χ2n) is 6.96. The van der Waals surface area contributed by atoms with E-state index < -0.39 is 8.07 Å². The minimum Gasteiger partial charge on any atom is -0.374 e. The Morgan fingerprint density at radius 3 is 2.00 bits per heavy atom. The van der Waals surface area contributed by atoms with Gasteiger partial charge in [0, 0.05) is 0 Å². The first-order valence-corrected chi connectivity index (χ1v) is 10.5. The standard InChI is InChI=1S/C16H28O2Si/c1-16(2,3)18-12-11-17-13-14-7-9-15(10-8-14)19(4,5)6/h7-10H,11-13H2,1-6H3. The molecule has 2 nitrogen and oxygen atoms in total. The molecule has 0 heterocycles. The van der Waals surface area contributed by atoms with Crippen LogP contribution in [0.15, 0.2) is 24.3 Å². The molecule has 0 bridgehead atoms. The summed E-state index contributed by atoms with van der Waals surface area (Å²) < 4.78 is 11.2. The Labute approximate surface area is 119 Å². The zero-order valence-corrected chi connectivity index (χ0v) is 14.2. The maximum Gasteiger partial charge on any atom is 0.0775 e. The smallest absolute Gasteiger partial charge is 0.0775 e. The number of ether oxygens (including phenoxy) is 2. The molecule has 0 amide bonds. The van der Waals surface area contributed by atoms with E-state index >= 15 is 0 Å². The molecule has 0 aliphatic heterocycles. The molecule has 0 radical (unpaired) electrons. The fourth-order valence-electron chi connectivity index (χ4n) is 1.70. The molecular formula is C16H28O2Si. The van der Waals surface area contributed by atoms with Gasteiger partial charge in [-0.15, -0.1) is 0 Å². The molecule has 0 atom stereocenters. The van der Waals surface area contributed by atoms with Crippen LogP contribution in [0.1, 0.15) is 26.3 Å². The fraction of sp³-hybridized carbons (Fsp3) is 0.625. The first kappa shape index (κ1) is 16.4. The van der Waals surface area contributed by atoms with Crippen LogP contribution in [0.4, 0.5) is 0 Å². The van der Waals surface area contributed by atoms with Crippen LogP contribution in [0, 0.1) is 0 Å². The third kappa shape index (κ3) is 6.90. The van der Waals surface area contributed by atoms with E-state index in [2.05, 4.69) is 64.7 Å². The zero-order valence-electron chi connectivity index (χ0n) is 13.2. The minimum absolute atomic E-state index is 0.0810. The molecule has 0 fully saturated rings. The molecule has 0 unspecified atom stereocenters. The second kappa shape index (κ2) is 6.68. The van der Waals surface area contributed by atoms with Gasteiger partial charge in [0.15, 0.2) is 0 Å². The van der Waals surface area contributed by atoms with E-state index in [1.165, 1.54) is 10.8 Å². The third-order valence-corrected chi connectivity index (χ3v) is 4.92. The van der Waals surface area contributed by atoms with Gasteiger partial charge in [0.2, 0.25) is 0 Å². The molecule has 3 heteroatoms. The van der Waals surface area contributed by atoms with Crippen molar-refractivity contribution >= 4 is 13.3 Å². The SMILES string of the molecule is CC(C)(C)OCCOCc1ccc([Si](C)(C)C)cc1. The monoisotopic (exact) mass is 280 g/mol. The van der Waals surface area contributed by atoms with Crippen molar-refractivity contribution < 1.29 is 9.47 Å². The van der Waals surface area contributed by atoms with E-state index in [1.54, 1.807) is 0 Å². The summed E-state index contributed by atoms with van der Waals surface area (Å²) in [6, 6.07) is 8.85. The summed E-state index contributed by atoms with van der Waals surface area (Å²) in [5.41, 5.74) is 1.15. The third-order valence-electron chi connectivity index (χ3n) is 2.85. The van der Waals surface area contributed by atoms with Gasteiger partial charge < -0.3 is 9.47 Å². The normalized spacial score (nSPS) is 12.7. The highest BCUT2D eigenvalue weighted by Crippen LogP contribution is 2.07. The van der Waals surface area contributed by atoms with Crippen molar-refractivity contribution in [2.24, 2.45) is 0 Å². The predicted octanol–water partition coefficient (Wildman–Crippen LogP) is 3.56. The van der Waals surface area contributed by atoms with Crippen LogP contribution >= 0.6 is 0 Å². The van der Waals surface area contributed by atoms with Gasteiger partial charge in [0.1, 0.15) is 0 Å². The average Bonchev–Trinajstić information content (AvgIpc) is 2.26. The molecule has 0 N–H and O–H groups in total. The Hall–Kier alpha value is -0.643. The molecule has 0 saturated heterocycles. The summed E-state index contributed by atoms with van der Waals surface area (Å²) in [5, 5.41) is 1.49. The maximum atomic E-state index is 5.63. The molecule has 19 heavy (non-hydrogen) atoms. The van der Waals surface area contributed by atoms with Gasteiger partial charge in [-0.1, -0.05) is 49.1 Å². The van der Waals surface area contributed by atoms with Crippen LogP contribution in [0.25, 0.3) is 0 Å². The Balaban J connectivity index is 2.31. The van der Waals surface area contributed by atoms with Crippen molar-refractivity contribution in [2.45, 2.75) is 52.6 Å². The lowest BCUT2D eigenvalue weighted by atomic mass is 10.2. The average molecular weight is 280 g/mol. The topological polar surface area (TPSA) is 18.5 Å². The largest absolute Gasteiger partial charge is 0.374 e. The highest BCUT2D eigenvalue weighted by Gasteiger charge is 2.15. The lowest BCUT2D eigenvalue weighted by Crippen LogP contribution is -2.37. The van der Waals surface area contributed by atoms with Crippen LogP contribution in [-0.2, 0) is 16.1 Å². The summed E-state index contributed by atoms with van der Waals surface area (Å²) in [7, 11) is -1.18. The first-order chi connectivity index (χ1) is 8.68. The van der Waals surface area contributed by atoms with Crippen LogP contribution in [0.5, 0.6) is 0 Å². The minimum atomic E-state index is -1.18. The summed E-state index contributed by atoms with van der Waals surface area (Å²) in [6.45, 7) is 15.2. The highest BCUT2D eigenvalue weighted by atomic mass is 28.3. The quantitative estimate of drug-likeness (QED) is 0.586. The van der Waals surface area contributed by atoms with Crippen molar-refractivity contribution in [3.8, 4) is 0 Å². The Morgan fingerprint density at radius 1 is 0.947 bits per heavy atom. The van der Waals surface area contributed by atoms with Crippen LogP contribution in [0.3, 0.4) is 0 Å². The highest BCUT2D eigenvalue weighted by molar-refractivity contribution is 6.88. The number of hydrogen-bond donors (Lipinski definition) is 0. The molecule has 1 aromatic carbocycles. The molecular weight excluding hydrogens is 252 g/mol. The van der Waals surface area contributed by atoms with Gasteiger partial charge in [0.25, 0.3) is 0 Å². The van der Waals surface area contributed by atoms with Gasteiger partial charge in [-0.05, 0) is 26.3 Å². The Bertz CT molecular complexity index is 371. The van der Waals surface area contributed by atoms with E-state index in [0.717, 1.165) is 0 Å². The van der Waals surface area contributed by atoms with Crippen molar-refractivity contribution in [3.63, 3.8) is 0 Å². The van der Waals surface area contributed by atoms with Crippen molar-refractivity contribution in [1.82, 2.24) is 0 Å². The first-order valence-electron chi connectivity index (χ1n) is 7.00. The van der Waals surface area contributed by atoms with E-state index in [-0.39, 0.29) is 5.60 Å². The summed E-state index contributed by atoms with van der Waals surface area (Å²) in [4.78, 5) is 0. The van der Waals surface area contributed by atoms with Crippen molar-refractivity contribution in [1.29, 1.82) is 0 Å². The van der Waals surface area contributed by atoms with Gasteiger partial charge in [-0.3, -0.25) is 0 Å². The molecule has 0 aliphatic rings. The predicted molar refractivity (Wildman–Crippen MR) is 84.8 cm³/mol. The second-order valence-corrected chi connectivity index (χ2v) is 12.0. The lowest BCUT2D eigenvalue weighted by Gasteiger charge is -2.19. The van der Waals surface area contributed by atoms with E-state index in [4.69, 9.17) is 9.47 Å². The molecule has 0 spiro atoms. The fourth-order valence-corrected chi connectivity index (χ4v) is 2.86. The number of benzene rings is 1.